The van der Waals surface area contributed by atoms with Gasteiger partial charge in [-0.15, -0.1) is 11.3 Å². The Kier molecular flexibility index (Phi) is 7.64. The molecule has 1 fully saturated rings. The van der Waals surface area contributed by atoms with E-state index in [9.17, 15) is 9.90 Å². The molecule has 2 aromatic rings. The Morgan fingerprint density at radius 3 is 2.86 bits per heavy atom. The van der Waals surface area contributed by atoms with Crippen molar-refractivity contribution in [1.29, 1.82) is 0 Å². The zero-order chi connectivity index (χ0) is 20.8. The summed E-state index contributed by atoms with van der Waals surface area (Å²) in [6, 6.07) is 8.00. The van der Waals surface area contributed by atoms with Gasteiger partial charge >= 0.3 is 5.97 Å². The van der Waals surface area contributed by atoms with Crippen LogP contribution in [0.1, 0.15) is 59.3 Å². The van der Waals surface area contributed by atoms with Crippen LogP contribution in [0.25, 0.3) is 0 Å². The summed E-state index contributed by atoms with van der Waals surface area (Å²) in [4.78, 5) is 15.2. The molecule has 0 radical (unpaired) electrons. The number of aryl methyl sites for hydroxylation is 1. The Morgan fingerprint density at radius 1 is 1.34 bits per heavy atom. The number of carboxylic acid groups (broad SMARTS) is 1. The molecule has 29 heavy (non-hydrogen) atoms. The summed E-state index contributed by atoms with van der Waals surface area (Å²) in [6.07, 6.45) is 3.79. The van der Waals surface area contributed by atoms with Gasteiger partial charge in [-0.3, -0.25) is 0 Å². The standard InChI is InChI=1S/C22H29NO5S/c1-14-4-3-5-16(12-14)28-11-10-17-15(6-8-19(17)24)7-9-20(27-2)21-23-18(13-29-21)22(25)26/h3-5,12-13,15,17,19-20,24H,6-11H2,1-2H3,(H,25,26)/t15-,17?,19-,20?/m1/s1. The number of hydrogen-bond acceptors (Lipinski definition) is 6. The van der Waals surface area contributed by atoms with Gasteiger partial charge in [0.05, 0.1) is 12.7 Å². The van der Waals surface area contributed by atoms with Gasteiger partial charge in [-0.1, -0.05) is 12.1 Å². The van der Waals surface area contributed by atoms with Crippen LogP contribution >= 0.6 is 11.3 Å². The number of hydrogen-bond donors (Lipinski definition) is 2. The number of nitrogens with zero attached hydrogens (tertiary/aromatic N) is 1. The van der Waals surface area contributed by atoms with Gasteiger partial charge in [-0.25, -0.2) is 9.78 Å². The highest BCUT2D eigenvalue weighted by Gasteiger charge is 2.35. The first-order chi connectivity index (χ1) is 14.0. The van der Waals surface area contributed by atoms with Crippen molar-refractivity contribution in [3.05, 3.63) is 45.9 Å². The van der Waals surface area contributed by atoms with E-state index in [2.05, 4.69) is 4.98 Å². The second-order valence-corrected chi connectivity index (χ2v) is 8.59. The largest absolute Gasteiger partial charge is 0.494 e. The Balaban J connectivity index is 1.52. The van der Waals surface area contributed by atoms with Gasteiger partial charge in [0.15, 0.2) is 5.69 Å². The Bertz CT molecular complexity index is 808. The maximum absolute atomic E-state index is 11.1. The molecule has 0 aliphatic heterocycles. The fraction of sp³-hybridized carbons (Fsp3) is 0.545. The predicted molar refractivity (Wildman–Crippen MR) is 112 cm³/mol. The smallest absolute Gasteiger partial charge is 0.355 e. The molecule has 7 heteroatoms. The summed E-state index contributed by atoms with van der Waals surface area (Å²) < 4.78 is 11.5. The van der Waals surface area contributed by atoms with E-state index in [1.54, 1.807) is 12.5 Å². The molecule has 1 aromatic carbocycles. The highest BCUT2D eigenvalue weighted by molar-refractivity contribution is 7.09. The molecule has 2 N–H and O–H groups in total. The summed E-state index contributed by atoms with van der Waals surface area (Å²) >= 11 is 1.32. The molecule has 158 valence electrons. The molecule has 1 aromatic heterocycles. The van der Waals surface area contributed by atoms with Crippen molar-refractivity contribution in [2.75, 3.05) is 13.7 Å². The van der Waals surface area contributed by atoms with E-state index < -0.39 is 5.97 Å². The minimum absolute atomic E-state index is 0.0644. The number of methoxy groups -OCH3 is 1. The number of thiazole rings is 1. The van der Waals surface area contributed by atoms with E-state index >= 15 is 0 Å². The van der Waals surface area contributed by atoms with Crippen molar-refractivity contribution < 1.29 is 24.5 Å². The third kappa shape index (κ3) is 5.78. The third-order valence-corrected chi connectivity index (χ3v) is 6.68. The van der Waals surface area contributed by atoms with Crippen LogP contribution in [0.4, 0.5) is 0 Å². The molecule has 0 saturated heterocycles. The predicted octanol–water partition coefficient (Wildman–Crippen LogP) is 4.47. The van der Waals surface area contributed by atoms with Crippen LogP contribution in [-0.2, 0) is 4.74 Å². The topological polar surface area (TPSA) is 88.9 Å². The lowest BCUT2D eigenvalue weighted by molar-refractivity contribution is 0.0678. The van der Waals surface area contributed by atoms with Gasteiger partial charge in [0.1, 0.15) is 16.9 Å². The van der Waals surface area contributed by atoms with Crippen molar-refractivity contribution in [1.82, 2.24) is 4.98 Å². The Hall–Kier alpha value is -1.96. The lowest BCUT2D eigenvalue weighted by Gasteiger charge is -2.23. The van der Waals surface area contributed by atoms with Crippen LogP contribution in [0, 0.1) is 18.8 Å². The third-order valence-electron chi connectivity index (χ3n) is 5.74. The van der Waals surface area contributed by atoms with Crippen LogP contribution in [0.5, 0.6) is 5.75 Å². The molecule has 1 aliphatic carbocycles. The van der Waals surface area contributed by atoms with E-state index in [1.807, 2.05) is 31.2 Å². The molecule has 3 rings (SSSR count). The first-order valence-electron chi connectivity index (χ1n) is 10.1. The second kappa shape index (κ2) is 10.2. The van der Waals surface area contributed by atoms with E-state index in [0.717, 1.165) is 37.9 Å². The number of carbonyl (C=O) groups is 1. The number of aromatic nitrogens is 1. The van der Waals surface area contributed by atoms with Crippen LogP contribution in [0.15, 0.2) is 29.6 Å². The maximum atomic E-state index is 11.1. The first-order valence-corrected chi connectivity index (χ1v) is 10.9. The molecule has 1 heterocycles. The highest BCUT2D eigenvalue weighted by Crippen LogP contribution is 2.39. The molecule has 1 saturated carbocycles. The zero-order valence-corrected chi connectivity index (χ0v) is 17.7. The quantitative estimate of drug-likeness (QED) is 0.590. The summed E-state index contributed by atoms with van der Waals surface area (Å²) in [5.74, 6) is 0.465. The van der Waals surface area contributed by atoms with Crippen molar-refractivity contribution in [3.63, 3.8) is 0 Å². The molecular formula is C22H29NO5S. The number of rotatable bonds is 10. The summed E-state index contributed by atoms with van der Waals surface area (Å²) in [7, 11) is 1.63. The highest BCUT2D eigenvalue weighted by atomic mass is 32.1. The van der Waals surface area contributed by atoms with Crippen molar-refractivity contribution in [3.8, 4) is 5.75 Å². The van der Waals surface area contributed by atoms with E-state index in [4.69, 9.17) is 14.6 Å². The fourth-order valence-electron chi connectivity index (χ4n) is 4.17. The molecule has 0 amide bonds. The Morgan fingerprint density at radius 2 is 2.17 bits per heavy atom. The SMILES string of the molecule is COC(CC[C@H]1CC[C@@H](O)C1CCOc1cccc(C)c1)c1nc(C(=O)O)cs1. The molecule has 0 bridgehead atoms. The molecule has 4 atom stereocenters. The molecule has 0 spiro atoms. The van der Waals surface area contributed by atoms with Gasteiger partial charge in [0, 0.05) is 12.5 Å². The fourth-order valence-corrected chi connectivity index (χ4v) is 5.08. The number of aliphatic hydroxyl groups excluding tert-OH is 1. The number of aliphatic hydroxyl groups is 1. The molecular weight excluding hydrogens is 390 g/mol. The monoisotopic (exact) mass is 419 g/mol. The minimum Gasteiger partial charge on any atom is -0.494 e. The Labute approximate surface area is 175 Å². The van der Waals surface area contributed by atoms with E-state index in [0.29, 0.717) is 17.5 Å². The van der Waals surface area contributed by atoms with Gasteiger partial charge < -0.3 is 19.7 Å². The minimum atomic E-state index is -1.02. The first kappa shape index (κ1) is 21.7. The summed E-state index contributed by atoms with van der Waals surface area (Å²) in [5, 5.41) is 21.8. The van der Waals surface area contributed by atoms with Gasteiger partial charge in [-0.2, -0.15) is 0 Å². The lowest BCUT2D eigenvalue weighted by Crippen LogP contribution is -2.22. The van der Waals surface area contributed by atoms with Crippen LogP contribution in [0.2, 0.25) is 0 Å². The van der Waals surface area contributed by atoms with Crippen molar-refractivity contribution in [2.24, 2.45) is 11.8 Å². The van der Waals surface area contributed by atoms with Crippen molar-refractivity contribution >= 4 is 17.3 Å². The zero-order valence-electron chi connectivity index (χ0n) is 16.9. The number of aromatic carboxylic acids is 1. The average Bonchev–Trinajstić information content (AvgIpc) is 3.31. The molecule has 2 unspecified atom stereocenters. The van der Waals surface area contributed by atoms with Crippen LogP contribution in [-0.4, -0.2) is 41.0 Å². The van der Waals surface area contributed by atoms with Crippen LogP contribution in [0.3, 0.4) is 0 Å². The molecule has 6 nitrogen and oxygen atoms in total. The number of carboxylic acids is 1. The summed E-state index contributed by atoms with van der Waals surface area (Å²) in [6.45, 7) is 2.63. The maximum Gasteiger partial charge on any atom is 0.355 e. The van der Waals surface area contributed by atoms with E-state index in [1.165, 1.54) is 16.9 Å². The molecule has 1 aliphatic rings. The lowest BCUT2D eigenvalue weighted by atomic mass is 9.87. The average molecular weight is 420 g/mol. The van der Waals surface area contributed by atoms with E-state index in [-0.39, 0.29) is 23.8 Å². The number of benzene rings is 1. The van der Waals surface area contributed by atoms with Crippen molar-refractivity contribution in [2.45, 2.75) is 51.2 Å². The number of ether oxygens (including phenoxy) is 2. The normalized spacial score (nSPS) is 22.5. The summed E-state index contributed by atoms with van der Waals surface area (Å²) in [5.41, 5.74) is 1.23. The van der Waals surface area contributed by atoms with Gasteiger partial charge in [0.25, 0.3) is 0 Å². The van der Waals surface area contributed by atoms with Gasteiger partial charge in [-0.05, 0) is 68.6 Å². The van der Waals surface area contributed by atoms with Crippen LogP contribution < -0.4 is 4.74 Å². The second-order valence-electron chi connectivity index (χ2n) is 7.70. The van der Waals surface area contributed by atoms with Gasteiger partial charge in [0.2, 0.25) is 0 Å².